The molecule has 4 rings (SSSR count). The lowest BCUT2D eigenvalue weighted by molar-refractivity contribution is -0.133. The van der Waals surface area contributed by atoms with Gasteiger partial charge in [0, 0.05) is 12.4 Å². The largest absolute Gasteiger partial charge is 0.285 e. The molecule has 1 aliphatic heterocycles. The first-order valence-corrected chi connectivity index (χ1v) is 10.4. The molecule has 30 heavy (non-hydrogen) atoms. The SMILES string of the molecule is O=C(NN1C(=O)/C(=C/c2cccnc2)SC1=S)C(c1ccccc1)c1ccccc1. The predicted molar refractivity (Wildman–Crippen MR) is 122 cm³/mol. The van der Waals surface area contributed by atoms with Crippen molar-refractivity contribution < 1.29 is 9.59 Å². The highest BCUT2D eigenvalue weighted by atomic mass is 32.2. The number of nitrogens with one attached hydrogen (secondary N) is 1. The molecule has 0 unspecified atom stereocenters. The highest BCUT2D eigenvalue weighted by Gasteiger charge is 2.35. The number of hydrogen-bond donors (Lipinski definition) is 1. The molecule has 2 heterocycles. The topological polar surface area (TPSA) is 62.3 Å². The normalized spacial score (nSPS) is 15.1. The quantitative estimate of drug-likeness (QED) is 0.486. The first kappa shape index (κ1) is 20.0. The second kappa shape index (κ2) is 9.02. The average Bonchev–Trinajstić information content (AvgIpc) is 3.03. The number of thioether (sulfide) groups is 1. The van der Waals surface area contributed by atoms with Gasteiger partial charge in [-0.05, 0) is 41.1 Å². The van der Waals surface area contributed by atoms with Crippen LogP contribution in [-0.2, 0) is 9.59 Å². The van der Waals surface area contributed by atoms with E-state index < -0.39 is 5.92 Å². The van der Waals surface area contributed by atoms with Gasteiger partial charge in [-0.3, -0.25) is 20.0 Å². The van der Waals surface area contributed by atoms with E-state index in [9.17, 15) is 9.59 Å². The number of aromatic nitrogens is 1. The van der Waals surface area contributed by atoms with Crippen molar-refractivity contribution in [1.82, 2.24) is 15.4 Å². The fraction of sp³-hybridized carbons (Fsp3) is 0.0435. The molecule has 0 saturated carbocycles. The number of hydrazine groups is 1. The van der Waals surface area contributed by atoms with Gasteiger partial charge in [-0.1, -0.05) is 78.5 Å². The molecule has 0 atom stereocenters. The Morgan fingerprint density at radius 3 is 2.20 bits per heavy atom. The van der Waals surface area contributed by atoms with Crippen LogP contribution in [0.25, 0.3) is 6.08 Å². The summed E-state index contributed by atoms with van der Waals surface area (Å²) in [4.78, 5) is 30.6. The lowest BCUT2D eigenvalue weighted by Gasteiger charge is -2.22. The van der Waals surface area contributed by atoms with E-state index in [2.05, 4.69) is 10.4 Å². The summed E-state index contributed by atoms with van der Waals surface area (Å²) in [5.74, 6) is -1.26. The van der Waals surface area contributed by atoms with Gasteiger partial charge in [-0.2, -0.15) is 5.01 Å². The smallest absolute Gasteiger partial charge is 0.272 e. The Morgan fingerprint density at radius 2 is 1.63 bits per heavy atom. The minimum atomic E-state index is -0.570. The van der Waals surface area contributed by atoms with E-state index in [1.54, 1.807) is 24.5 Å². The minimum absolute atomic E-state index is 0.281. The number of rotatable bonds is 5. The standard InChI is InChI=1S/C23H17N3O2S2/c27-21(20(17-9-3-1-4-10-17)18-11-5-2-6-12-18)25-26-22(28)19(30-23(26)29)14-16-8-7-13-24-15-16/h1-15,20H,(H,25,27)/b19-14-. The average molecular weight is 432 g/mol. The maximum atomic E-state index is 13.3. The van der Waals surface area contributed by atoms with Gasteiger partial charge in [0.1, 0.15) is 0 Å². The van der Waals surface area contributed by atoms with Crippen LogP contribution in [0.4, 0.5) is 0 Å². The second-order valence-corrected chi connectivity index (χ2v) is 8.21. The van der Waals surface area contributed by atoms with Crippen LogP contribution in [0.5, 0.6) is 0 Å². The van der Waals surface area contributed by atoms with Gasteiger partial charge in [0.15, 0.2) is 4.32 Å². The summed E-state index contributed by atoms with van der Waals surface area (Å²) in [5.41, 5.74) is 5.17. The molecule has 7 heteroatoms. The lowest BCUT2D eigenvalue weighted by atomic mass is 9.91. The Kier molecular flexibility index (Phi) is 6.02. The predicted octanol–water partition coefficient (Wildman–Crippen LogP) is 4.15. The first-order valence-electron chi connectivity index (χ1n) is 9.22. The summed E-state index contributed by atoms with van der Waals surface area (Å²) < 4.78 is 0.281. The van der Waals surface area contributed by atoms with Crippen molar-refractivity contribution in [3.63, 3.8) is 0 Å². The highest BCUT2D eigenvalue weighted by Crippen LogP contribution is 2.32. The van der Waals surface area contributed by atoms with E-state index in [1.807, 2.05) is 66.7 Å². The van der Waals surface area contributed by atoms with Crippen LogP contribution >= 0.6 is 24.0 Å². The van der Waals surface area contributed by atoms with Crippen molar-refractivity contribution in [2.24, 2.45) is 0 Å². The van der Waals surface area contributed by atoms with Gasteiger partial charge in [-0.25, -0.2) is 0 Å². The zero-order valence-electron chi connectivity index (χ0n) is 15.8. The third kappa shape index (κ3) is 4.32. The minimum Gasteiger partial charge on any atom is -0.272 e. The Labute approximate surface area is 183 Å². The van der Waals surface area contributed by atoms with Gasteiger partial charge >= 0.3 is 0 Å². The Bertz CT molecular complexity index is 1060. The van der Waals surface area contributed by atoms with Crippen LogP contribution in [0.3, 0.4) is 0 Å². The Morgan fingerprint density at radius 1 is 1.00 bits per heavy atom. The van der Waals surface area contributed by atoms with E-state index >= 15 is 0 Å². The third-order valence-corrected chi connectivity index (χ3v) is 5.83. The summed E-state index contributed by atoms with van der Waals surface area (Å²) in [6.45, 7) is 0. The molecule has 0 bridgehead atoms. The molecule has 1 fully saturated rings. The molecular weight excluding hydrogens is 414 g/mol. The first-order chi connectivity index (χ1) is 14.6. The van der Waals surface area contributed by atoms with Crippen molar-refractivity contribution in [2.45, 2.75) is 5.92 Å². The number of pyridine rings is 1. The van der Waals surface area contributed by atoms with Crippen LogP contribution in [0.15, 0.2) is 90.1 Å². The summed E-state index contributed by atoms with van der Waals surface area (Å²) >= 11 is 6.49. The van der Waals surface area contributed by atoms with E-state index in [0.29, 0.717) is 4.91 Å². The molecule has 5 nitrogen and oxygen atoms in total. The maximum absolute atomic E-state index is 13.3. The highest BCUT2D eigenvalue weighted by molar-refractivity contribution is 8.26. The van der Waals surface area contributed by atoms with Gasteiger partial charge in [0.2, 0.25) is 0 Å². The molecule has 1 N–H and O–H groups in total. The van der Waals surface area contributed by atoms with Gasteiger partial charge in [0.25, 0.3) is 11.8 Å². The van der Waals surface area contributed by atoms with Gasteiger partial charge in [-0.15, -0.1) is 0 Å². The van der Waals surface area contributed by atoms with Crippen LogP contribution in [0, 0.1) is 0 Å². The van der Waals surface area contributed by atoms with Crippen LogP contribution in [-0.4, -0.2) is 26.1 Å². The van der Waals surface area contributed by atoms with E-state index in [4.69, 9.17) is 12.2 Å². The summed E-state index contributed by atoms with van der Waals surface area (Å²) in [6.07, 6.45) is 5.03. The molecule has 1 saturated heterocycles. The van der Waals surface area contributed by atoms with Crippen LogP contribution in [0.1, 0.15) is 22.6 Å². The van der Waals surface area contributed by atoms with Crippen molar-refractivity contribution >= 4 is 46.2 Å². The number of amides is 2. The number of nitrogens with zero attached hydrogens (tertiary/aromatic N) is 2. The number of hydrogen-bond acceptors (Lipinski definition) is 5. The number of benzene rings is 2. The Balaban J connectivity index is 1.59. The number of carbonyl (C=O) groups is 2. The van der Waals surface area contributed by atoms with E-state index in [1.165, 1.54) is 0 Å². The molecule has 0 radical (unpaired) electrons. The fourth-order valence-electron chi connectivity index (χ4n) is 3.14. The molecule has 148 valence electrons. The van der Waals surface area contributed by atoms with Crippen molar-refractivity contribution in [1.29, 1.82) is 0 Å². The third-order valence-electron chi connectivity index (χ3n) is 4.53. The molecule has 1 aliphatic rings. The molecule has 3 aromatic rings. The fourth-order valence-corrected chi connectivity index (χ4v) is 4.32. The van der Waals surface area contributed by atoms with E-state index in [-0.39, 0.29) is 16.1 Å². The molecular formula is C23H17N3O2S2. The Hall–Kier alpha value is -3.29. The number of thiocarbonyl (C=S) groups is 1. The van der Waals surface area contributed by atoms with Crippen molar-refractivity contribution in [3.8, 4) is 0 Å². The van der Waals surface area contributed by atoms with Gasteiger partial charge in [0.05, 0.1) is 10.8 Å². The molecule has 1 aromatic heterocycles. The zero-order valence-corrected chi connectivity index (χ0v) is 17.4. The molecule has 2 amide bonds. The molecule has 0 aliphatic carbocycles. The molecule has 0 spiro atoms. The second-order valence-electron chi connectivity index (χ2n) is 6.53. The summed E-state index contributed by atoms with van der Waals surface area (Å²) in [5, 5.41) is 1.14. The van der Waals surface area contributed by atoms with E-state index in [0.717, 1.165) is 33.5 Å². The zero-order chi connectivity index (χ0) is 20.9. The maximum Gasteiger partial charge on any atom is 0.285 e. The number of carbonyl (C=O) groups excluding carboxylic acids is 2. The van der Waals surface area contributed by atoms with Crippen LogP contribution < -0.4 is 5.43 Å². The van der Waals surface area contributed by atoms with Crippen molar-refractivity contribution in [2.75, 3.05) is 0 Å². The lowest BCUT2D eigenvalue weighted by Crippen LogP contribution is -2.46. The summed E-state index contributed by atoms with van der Waals surface area (Å²) in [7, 11) is 0. The van der Waals surface area contributed by atoms with Crippen LogP contribution in [0.2, 0.25) is 0 Å². The molecule has 2 aromatic carbocycles. The van der Waals surface area contributed by atoms with Crippen molar-refractivity contribution in [3.05, 3.63) is 107 Å². The van der Waals surface area contributed by atoms with Gasteiger partial charge < -0.3 is 0 Å². The summed E-state index contributed by atoms with van der Waals surface area (Å²) in [6, 6.07) is 22.5. The monoisotopic (exact) mass is 431 g/mol.